The summed E-state index contributed by atoms with van der Waals surface area (Å²) in [4.78, 5) is 12.5. The molecule has 5 nitrogen and oxygen atoms in total. The lowest BCUT2D eigenvalue weighted by atomic mass is 10.0. The van der Waals surface area contributed by atoms with Gasteiger partial charge < -0.3 is 5.32 Å². The Kier molecular flexibility index (Phi) is 4.43. The molecule has 0 aromatic heterocycles. The fraction of sp³-hybridized carbons (Fsp3) is 0.533. The van der Waals surface area contributed by atoms with Crippen molar-refractivity contribution < 1.29 is 13.2 Å². The first-order valence-corrected chi connectivity index (χ1v) is 9.38. The van der Waals surface area contributed by atoms with Crippen LogP contribution in [0.15, 0.2) is 29.2 Å². The van der Waals surface area contributed by atoms with Crippen LogP contribution in [0.5, 0.6) is 0 Å². The highest BCUT2D eigenvalue weighted by molar-refractivity contribution is 7.89. The van der Waals surface area contributed by atoms with Crippen LogP contribution in [0.3, 0.4) is 0 Å². The van der Waals surface area contributed by atoms with Crippen molar-refractivity contribution in [1.82, 2.24) is 9.62 Å². The van der Waals surface area contributed by atoms with Crippen LogP contribution >= 0.6 is 11.6 Å². The minimum atomic E-state index is -3.67. The van der Waals surface area contributed by atoms with E-state index in [1.54, 1.807) is 12.1 Å². The molecule has 7 heteroatoms. The number of hydrogen-bond acceptors (Lipinski definition) is 3. The second-order valence-electron chi connectivity index (χ2n) is 5.86. The Labute approximate surface area is 135 Å². The Bertz CT molecular complexity index is 656. The van der Waals surface area contributed by atoms with Crippen molar-refractivity contribution in [2.45, 2.75) is 49.1 Å². The third-order valence-corrected chi connectivity index (χ3v) is 6.27. The predicted molar refractivity (Wildman–Crippen MR) is 84.1 cm³/mol. The highest BCUT2D eigenvalue weighted by atomic mass is 35.5. The molecule has 1 aromatic rings. The van der Waals surface area contributed by atoms with Crippen molar-refractivity contribution in [3.63, 3.8) is 0 Å². The van der Waals surface area contributed by atoms with E-state index in [4.69, 9.17) is 11.6 Å². The van der Waals surface area contributed by atoms with Crippen molar-refractivity contribution >= 4 is 27.5 Å². The quantitative estimate of drug-likeness (QED) is 0.911. The molecule has 1 amide bonds. The highest BCUT2D eigenvalue weighted by Gasteiger charge is 2.39. The Morgan fingerprint density at radius 3 is 2.45 bits per heavy atom. The summed E-state index contributed by atoms with van der Waals surface area (Å²) in [5.41, 5.74) is 0. The molecule has 1 aromatic carbocycles. The van der Waals surface area contributed by atoms with Gasteiger partial charge in [0.1, 0.15) is 6.04 Å². The summed E-state index contributed by atoms with van der Waals surface area (Å²) in [7, 11) is -3.67. The number of piperidine rings is 1. The zero-order valence-electron chi connectivity index (χ0n) is 12.2. The molecule has 1 unspecified atom stereocenters. The largest absolute Gasteiger partial charge is 0.352 e. The maximum Gasteiger partial charge on any atom is 0.243 e. The van der Waals surface area contributed by atoms with E-state index in [9.17, 15) is 13.2 Å². The second kappa shape index (κ2) is 6.18. The summed E-state index contributed by atoms with van der Waals surface area (Å²) < 4.78 is 27.0. The van der Waals surface area contributed by atoms with Crippen LogP contribution in [0, 0.1) is 0 Å². The van der Waals surface area contributed by atoms with Gasteiger partial charge in [-0.15, -0.1) is 0 Å². The van der Waals surface area contributed by atoms with Crippen molar-refractivity contribution in [3.05, 3.63) is 29.3 Å². The average molecular weight is 343 g/mol. The number of carbonyl (C=O) groups is 1. The normalized spacial score (nSPS) is 23.2. The molecule has 2 fully saturated rings. The summed E-state index contributed by atoms with van der Waals surface area (Å²) in [6, 6.07) is 5.71. The van der Waals surface area contributed by atoms with Gasteiger partial charge in [-0.2, -0.15) is 4.31 Å². The molecular weight excluding hydrogens is 324 g/mol. The number of hydrogen-bond donors (Lipinski definition) is 1. The molecule has 2 aliphatic rings. The first-order chi connectivity index (χ1) is 10.5. The minimum absolute atomic E-state index is 0.167. The van der Waals surface area contributed by atoms with Gasteiger partial charge in [0, 0.05) is 17.6 Å². The first-order valence-electron chi connectivity index (χ1n) is 7.56. The number of nitrogens with zero attached hydrogens (tertiary/aromatic N) is 1. The van der Waals surface area contributed by atoms with E-state index in [1.807, 2.05) is 0 Å². The second-order valence-corrected chi connectivity index (χ2v) is 8.19. The van der Waals surface area contributed by atoms with Crippen molar-refractivity contribution in [2.75, 3.05) is 6.54 Å². The van der Waals surface area contributed by atoms with Crippen LogP contribution in [0.25, 0.3) is 0 Å². The van der Waals surface area contributed by atoms with Crippen molar-refractivity contribution in [1.29, 1.82) is 0 Å². The smallest absolute Gasteiger partial charge is 0.243 e. The Hall–Kier alpha value is -1.11. The van der Waals surface area contributed by atoms with E-state index in [2.05, 4.69) is 5.32 Å². The SMILES string of the molecule is O=C(NC1CC1)C1CCCCN1S(=O)(=O)c1ccc(Cl)cc1. The minimum Gasteiger partial charge on any atom is -0.352 e. The third kappa shape index (κ3) is 3.29. The zero-order valence-corrected chi connectivity index (χ0v) is 13.7. The maximum atomic E-state index is 12.8. The van der Waals surface area contributed by atoms with Gasteiger partial charge in [0.2, 0.25) is 15.9 Å². The molecule has 1 aliphatic carbocycles. The number of rotatable bonds is 4. The molecular formula is C15H19ClN2O3S. The van der Waals surface area contributed by atoms with Gasteiger partial charge in [-0.25, -0.2) is 8.42 Å². The lowest BCUT2D eigenvalue weighted by Crippen LogP contribution is -2.52. The van der Waals surface area contributed by atoms with E-state index < -0.39 is 16.1 Å². The molecule has 1 atom stereocenters. The predicted octanol–water partition coefficient (Wildman–Crippen LogP) is 2.16. The molecule has 120 valence electrons. The zero-order chi connectivity index (χ0) is 15.7. The topological polar surface area (TPSA) is 66.5 Å². The van der Waals surface area contributed by atoms with Gasteiger partial charge >= 0.3 is 0 Å². The van der Waals surface area contributed by atoms with Crippen LogP contribution in [-0.2, 0) is 14.8 Å². The Balaban J connectivity index is 1.85. The standard InChI is InChI=1S/C15H19ClN2O3S/c16-11-4-8-13(9-5-11)22(20,21)18-10-2-1-3-14(18)15(19)17-12-6-7-12/h4-5,8-9,12,14H,1-3,6-7,10H2,(H,17,19). The van der Waals surface area contributed by atoms with E-state index in [0.717, 1.165) is 25.7 Å². The summed E-state index contributed by atoms with van der Waals surface area (Å²) in [5, 5.41) is 3.41. The fourth-order valence-electron chi connectivity index (χ4n) is 2.72. The number of benzene rings is 1. The molecule has 1 N–H and O–H groups in total. The molecule has 0 bridgehead atoms. The lowest BCUT2D eigenvalue weighted by molar-refractivity contribution is -0.125. The van der Waals surface area contributed by atoms with Crippen LogP contribution in [0.2, 0.25) is 5.02 Å². The average Bonchev–Trinajstić information content (AvgIpc) is 3.31. The maximum absolute atomic E-state index is 12.8. The van der Waals surface area contributed by atoms with E-state index in [1.165, 1.54) is 16.4 Å². The molecule has 3 rings (SSSR count). The summed E-state index contributed by atoms with van der Waals surface area (Å²) >= 11 is 5.82. The van der Waals surface area contributed by atoms with Crippen LogP contribution in [0.1, 0.15) is 32.1 Å². The van der Waals surface area contributed by atoms with Crippen LogP contribution in [0.4, 0.5) is 0 Å². The summed E-state index contributed by atoms with van der Waals surface area (Å²) in [6.07, 6.45) is 4.20. The van der Waals surface area contributed by atoms with E-state index in [0.29, 0.717) is 18.0 Å². The number of halogens is 1. The summed E-state index contributed by atoms with van der Waals surface area (Å²) in [5.74, 6) is -0.167. The Morgan fingerprint density at radius 1 is 1.14 bits per heavy atom. The van der Waals surface area contributed by atoms with Gasteiger partial charge in [-0.1, -0.05) is 18.0 Å². The number of amides is 1. The van der Waals surface area contributed by atoms with Crippen LogP contribution < -0.4 is 5.32 Å². The fourth-order valence-corrected chi connectivity index (χ4v) is 4.50. The third-order valence-electron chi connectivity index (χ3n) is 4.10. The number of carbonyl (C=O) groups excluding carboxylic acids is 1. The van der Waals surface area contributed by atoms with Gasteiger partial charge in [0.25, 0.3) is 0 Å². The highest BCUT2D eigenvalue weighted by Crippen LogP contribution is 2.27. The van der Waals surface area contributed by atoms with Gasteiger partial charge in [0.15, 0.2) is 0 Å². The number of sulfonamides is 1. The van der Waals surface area contributed by atoms with Crippen molar-refractivity contribution in [3.8, 4) is 0 Å². The molecule has 1 heterocycles. The molecule has 0 radical (unpaired) electrons. The number of nitrogens with one attached hydrogen (secondary N) is 1. The first kappa shape index (κ1) is 15.8. The molecule has 1 saturated heterocycles. The molecule has 0 spiro atoms. The van der Waals surface area contributed by atoms with Gasteiger partial charge in [-0.3, -0.25) is 4.79 Å². The molecule has 22 heavy (non-hydrogen) atoms. The lowest BCUT2D eigenvalue weighted by Gasteiger charge is -2.33. The van der Waals surface area contributed by atoms with Crippen molar-refractivity contribution in [2.24, 2.45) is 0 Å². The van der Waals surface area contributed by atoms with E-state index >= 15 is 0 Å². The Morgan fingerprint density at radius 2 is 1.82 bits per heavy atom. The van der Waals surface area contributed by atoms with Crippen LogP contribution in [-0.4, -0.2) is 37.3 Å². The van der Waals surface area contributed by atoms with Gasteiger partial charge in [0.05, 0.1) is 4.90 Å². The van der Waals surface area contributed by atoms with E-state index in [-0.39, 0.29) is 16.8 Å². The monoisotopic (exact) mass is 342 g/mol. The summed E-state index contributed by atoms with van der Waals surface area (Å²) in [6.45, 7) is 0.383. The molecule has 1 saturated carbocycles. The molecule has 1 aliphatic heterocycles. The van der Waals surface area contributed by atoms with Gasteiger partial charge in [-0.05, 0) is 49.9 Å².